The summed E-state index contributed by atoms with van der Waals surface area (Å²) in [6.07, 6.45) is 1.50. The number of phenols is 1. The van der Waals surface area contributed by atoms with E-state index in [2.05, 4.69) is 9.97 Å². The Labute approximate surface area is 96.9 Å². The summed E-state index contributed by atoms with van der Waals surface area (Å²) in [5, 5.41) is 9.50. The summed E-state index contributed by atoms with van der Waals surface area (Å²) < 4.78 is 0. The number of benzene rings is 1. The van der Waals surface area contributed by atoms with Crippen LogP contribution in [0.2, 0.25) is 0 Å². The number of fused-ring (bicyclic) bond motifs is 3. The molecule has 0 saturated heterocycles. The molecule has 1 aliphatic rings. The first-order valence-corrected chi connectivity index (χ1v) is 5.36. The van der Waals surface area contributed by atoms with Gasteiger partial charge in [-0.2, -0.15) is 0 Å². The van der Waals surface area contributed by atoms with Crippen LogP contribution in [-0.4, -0.2) is 15.1 Å². The van der Waals surface area contributed by atoms with E-state index in [-0.39, 0.29) is 17.3 Å². The number of aromatic amines is 1. The van der Waals surface area contributed by atoms with Gasteiger partial charge in [0.1, 0.15) is 5.75 Å². The van der Waals surface area contributed by atoms with Gasteiger partial charge in [-0.25, -0.2) is 4.98 Å². The third kappa shape index (κ3) is 1.47. The third-order valence-electron chi connectivity index (χ3n) is 3.01. The van der Waals surface area contributed by atoms with Gasteiger partial charge < -0.3 is 10.8 Å². The van der Waals surface area contributed by atoms with Crippen molar-refractivity contribution < 1.29 is 5.11 Å². The number of anilines is 1. The zero-order valence-electron chi connectivity index (χ0n) is 9.03. The smallest absolute Gasteiger partial charge is 0.260 e. The Hall–Kier alpha value is -2.30. The van der Waals surface area contributed by atoms with E-state index >= 15 is 0 Å². The second-order valence-electron chi connectivity index (χ2n) is 4.11. The summed E-state index contributed by atoms with van der Waals surface area (Å²) in [5.74, 6) is 0.283. The summed E-state index contributed by atoms with van der Waals surface area (Å²) in [6.45, 7) is 0. The Morgan fingerprint density at radius 3 is 3.00 bits per heavy atom. The van der Waals surface area contributed by atoms with Gasteiger partial charge in [0.05, 0.1) is 11.3 Å². The topological polar surface area (TPSA) is 92.0 Å². The van der Waals surface area contributed by atoms with E-state index in [1.165, 1.54) is 0 Å². The molecule has 0 unspecified atom stereocenters. The molecular formula is C12H11N3O2. The molecule has 1 aromatic carbocycles. The SMILES string of the molecule is Nc1nc2c(c(=O)[nH]1)-c1cc(O)ccc1CC2. The number of hydrogen-bond donors (Lipinski definition) is 3. The normalized spacial score (nSPS) is 12.9. The van der Waals surface area contributed by atoms with E-state index in [0.717, 1.165) is 17.5 Å². The summed E-state index contributed by atoms with van der Waals surface area (Å²) in [6, 6.07) is 5.06. The van der Waals surface area contributed by atoms with Crippen LogP contribution in [0, 0.1) is 0 Å². The lowest BCUT2D eigenvalue weighted by atomic mass is 9.89. The fourth-order valence-electron chi connectivity index (χ4n) is 2.27. The van der Waals surface area contributed by atoms with Crippen LogP contribution in [0.1, 0.15) is 11.3 Å². The first kappa shape index (κ1) is 9.89. The molecule has 0 bridgehead atoms. The summed E-state index contributed by atoms with van der Waals surface area (Å²) in [4.78, 5) is 18.5. The molecule has 5 heteroatoms. The lowest BCUT2D eigenvalue weighted by Crippen LogP contribution is -2.20. The minimum absolute atomic E-state index is 0.136. The van der Waals surface area contributed by atoms with E-state index in [9.17, 15) is 9.90 Å². The van der Waals surface area contributed by atoms with Crippen molar-refractivity contribution in [3.05, 3.63) is 39.8 Å². The van der Waals surface area contributed by atoms with Crippen LogP contribution in [0.25, 0.3) is 11.1 Å². The Morgan fingerprint density at radius 2 is 2.18 bits per heavy atom. The second-order valence-corrected chi connectivity index (χ2v) is 4.11. The minimum atomic E-state index is -0.251. The maximum absolute atomic E-state index is 11.9. The Morgan fingerprint density at radius 1 is 1.35 bits per heavy atom. The standard InChI is InChI=1S/C12H11N3O2/c13-12-14-9-4-2-6-1-3-7(16)5-8(6)10(9)11(17)15-12/h1,3,5,16H,2,4H2,(H3,13,14,15,17). The highest BCUT2D eigenvalue weighted by atomic mass is 16.3. The van der Waals surface area contributed by atoms with Gasteiger partial charge in [-0.3, -0.25) is 9.78 Å². The Balaban J connectivity index is 2.36. The number of nitrogens with one attached hydrogen (secondary N) is 1. The molecule has 0 spiro atoms. The molecule has 0 aliphatic heterocycles. The lowest BCUT2D eigenvalue weighted by molar-refractivity contribution is 0.475. The molecule has 0 fully saturated rings. The highest BCUT2D eigenvalue weighted by molar-refractivity contribution is 5.72. The van der Waals surface area contributed by atoms with Gasteiger partial charge in [0, 0.05) is 0 Å². The van der Waals surface area contributed by atoms with Crippen molar-refractivity contribution in [1.29, 1.82) is 0 Å². The van der Waals surface area contributed by atoms with Gasteiger partial charge in [0.25, 0.3) is 5.56 Å². The number of aromatic nitrogens is 2. The molecule has 0 atom stereocenters. The molecule has 1 heterocycles. The van der Waals surface area contributed by atoms with E-state index in [1.807, 2.05) is 6.07 Å². The molecule has 17 heavy (non-hydrogen) atoms. The van der Waals surface area contributed by atoms with Crippen molar-refractivity contribution in [1.82, 2.24) is 9.97 Å². The number of aromatic hydroxyl groups is 1. The number of hydrogen-bond acceptors (Lipinski definition) is 4. The van der Waals surface area contributed by atoms with Crippen LogP contribution in [0.4, 0.5) is 5.95 Å². The van der Waals surface area contributed by atoms with Crippen LogP contribution in [0.5, 0.6) is 5.75 Å². The van der Waals surface area contributed by atoms with Crippen LogP contribution < -0.4 is 11.3 Å². The number of phenolic OH excluding ortho intramolecular Hbond substituents is 1. The molecular weight excluding hydrogens is 218 g/mol. The van der Waals surface area contributed by atoms with Gasteiger partial charge in [0.15, 0.2) is 0 Å². The molecule has 2 aromatic rings. The van der Waals surface area contributed by atoms with Gasteiger partial charge in [0.2, 0.25) is 5.95 Å². The van der Waals surface area contributed by atoms with Crippen molar-refractivity contribution >= 4 is 5.95 Å². The molecule has 5 nitrogen and oxygen atoms in total. The first-order valence-electron chi connectivity index (χ1n) is 5.36. The summed E-state index contributed by atoms with van der Waals surface area (Å²) in [7, 11) is 0. The zero-order chi connectivity index (χ0) is 12.0. The molecule has 0 saturated carbocycles. The van der Waals surface area contributed by atoms with Gasteiger partial charge in [-0.05, 0) is 36.1 Å². The molecule has 3 rings (SSSR count). The average molecular weight is 229 g/mol. The Bertz CT molecular complexity index is 661. The number of H-pyrrole nitrogens is 1. The zero-order valence-corrected chi connectivity index (χ0v) is 9.03. The van der Waals surface area contributed by atoms with Crippen LogP contribution in [0.3, 0.4) is 0 Å². The number of nitrogens with two attached hydrogens (primary N) is 1. The average Bonchev–Trinajstić information content (AvgIpc) is 2.27. The number of rotatable bonds is 0. The van der Waals surface area contributed by atoms with Crippen molar-refractivity contribution in [3.8, 4) is 16.9 Å². The van der Waals surface area contributed by atoms with Crippen molar-refractivity contribution in [2.24, 2.45) is 0 Å². The van der Waals surface area contributed by atoms with E-state index in [0.29, 0.717) is 17.7 Å². The largest absolute Gasteiger partial charge is 0.508 e. The van der Waals surface area contributed by atoms with E-state index < -0.39 is 0 Å². The lowest BCUT2D eigenvalue weighted by Gasteiger charge is -2.18. The van der Waals surface area contributed by atoms with Crippen molar-refractivity contribution in [3.63, 3.8) is 0 Å². The van der Waals surface area contributed by atoms with E-state index in [1.54, 1.807) is 12.1 Å². The molecule has 0 radical (unpaired) electrons. The van der Waals surface area contributed by atoms with Gasteiger partial charge in [-0.15, -0.1) is 0 Å². The van der Waals surface area contributed by atoms with Gasteiger partial charge in [-0.1, -0.05) is 6.07 Å². The second kappa shape index (κ2) is 3.35. The highest BCUT2D eigenvalue weighted by Crippen LogP contribution is 2.32. The molecule has 1 aromatic heterocycles. The molecule has 86 valence electrons. The van der Waals surface area contributed by atoms with Crippen LogP contribution in [0.15, 0.2) is 23.0 Å². The summed E-state index contributed by atoms with van der Waals surface area (Å²) in [5.41, 5.74) is 8.29. The quantitative estimate of drug-likeness (QED) is 0.623. The van der Waals surface area contributed by atoms with Crippen LogP contribution >= 0.6 is 0 Å². The third-order valence-corrected chi connectivity index (χ3v) is 3.01. The fraction of sp³-hybridized carbons (Fsp3) is 0.167. The van der Waals surface area contributed by atoms with Gasteiger partial charge >= 0.3 is 0 Å². The fourth-order valence-corrected chi connectivity index (χ4v) is 2.27. The van der Waals surface area contributed by atoms with Crippen LogP contribution in [-0.2, 0) is 12.8 Å². The number of nitrogen functional groups attached to an aromatic ring is 1. The van der Waals surface area contributed by atoms with Crippen molar-refractivity contribution in [2.75, 3.05) is 5.73 Å². The summed E-state index contributed by atoms with van der Waals surface area (Å²) >= 11 is 0. The monoisotopic (exact) mass is 229 g/mol. The number of nitrogens with zero attached hydrogens (tertiary/aromatic N) is 1. The predicted molar refractivity (Wildman–Crippen MR) is 63.8 cm³/mol. The van der Waals surface area contributed by atoms with E-state index in [4.69, 9.17) is 5.73 Å². The molecule has 0 amide bonds. The maximum Gasteiger partial charge on any atom is 0.260 e. The number of aryl methyl sites for hydroxylation is 2. The minimum Gasteiger partial charge on any atom is -0.508 e. The molecule has 1 aliphatic carbocycles. The van der Waals surface area contributed by atoms with Crippen molar-refractivity contribution in [2.45, 2.75) is 12.8 Å². The Kier molecular flexibility index (Phi) is 1.95. The predicted octanol–water partition coefficient (Wildman–Crippen LogP) is 0.823. The molecule has 4 N–H and O–H groups in total. The maximum atomic E-state index is 11.9. The first-order chi connectivity index (χ1) is 8.15. The highest BCUT2D eigenvalue weighted by Gasteiger charge is 2.21.